The van der Waals surface area contributed by atoms with Crippen LogP contribution in [0.15, 0.2) is 4.63 Å². The van der Waals surface area contributed by atoms with E-state index in [0.717, 1.165) is 12.8 Å². The van der Waals surface area contributed by atoms with Gasteiger partial charge in [0.2, 0.25) is 0 Å². The summed E-state index contributed by atoms with van der Waals surface area (Å²) in [4.78, 5) is 0.498. The van der Waals surface area contributed by atoms with Gasteiger partial charge in [-0.1, -0.05) is 29.8 Å². The van der Waals surface area contributed by atoms with E-state index in [1.54, 1.807) is 0 Å². The number of hydrogen-bond donors (Lipinski definition) is 1. The molecule has 0 radical (unpaired) electrons. The molecule has 0 saturated heterocycles. The van der Waals surface area contributed by atoms with Crippen LogP contribution in [-0.4, -0.2) is 10.4 Å². The summed E-state index contributed by atoms with van der Waals surface area (Å²) < 4.78 is 4.38. The quantitative estimate of drug-likeness (QED) is 0.603. The van der Waals surface area contributed by atoms with Gasteiger partial charge in [0, 0.05) is 31.1 Å². The first-order valence-electron chi connectivity index (χ1n) is 3.72. The van der Waals surface area contributed by atoms with Gasteiger partial charge in [0.1, 0.15) is 5.16 Å². The topological polar surface area (TPSA) is 50.1 Å². The van der Waals surface area contributed by atoms with E-state index >= 15 is 0 Å². The Morgan fingerprint density at radius 2 is 2.42 bits per heavy atom. The van der Waals surface area contributed by atoms with E-state index in [1.807, 2.05) is 0 Å². The average Bonchev–Trinajstić information content (AvgIpc) is 2.35. The molecule has 1 rings (SSSR count). The molecular weight excluding hydrogens is 382 g/mol. The molecule has 1 N–H and O–H groups in total. The van der Waals surface area contributed by atoms with Crippen LogP contribution in [0.25, 0.3) is 0 Å². The Balaban J connectivity index is 0.00000121. The molecule has 12 heavy (non-hydrogen) atoms. The third-order valence-corrected chi connectivity index (χ3v) is 1.69. The summed E-state index contributed by atoms with van der Waals surface area (Å²) in [7, 11) is 0. The van der Waals surface area contributed by atoms with Crippen molar-refractivity contribution in [3.05, 3.63) is 11.9 Å². The zero-order valence-corrected chi connectivity index (χ0v) is 11.4. The summed E-state index contributed by atoms with van der Waals surface area (Å²) in [5, 5.41) is 12.3. The summed E-state index contributed by atoms with van der Waals surface area (Å²) in [6, 6.07) is 0. The van der Waals surface area contributed by atoms with Crippen molar-refractivity contribution in [3.63, 3.8) is 0 Å². The van der Waals surface area contributed by atoms with Crippen molar-refractivity contribution in [1.82, 2.24) is 5.16 Å². The van der Waals surface area contributed by atoms with E-state index in [9.17, 15) is 0 Å². The van der Waals surface area contributed by atoms with Crippen LogP contribution in [-0.2, 0) is 6.42 Å². The fraction of sp³-hybridized carbons (Fsp3) is 0.714. The monoisotopic (exact) mass is 394 g/mol. The minimum Gasteiger partial charge on any atom is -0.348 e. The molecular formula is C7H12N2O2U. The molecule has 0 bridgehead atoms. The van der Waals surface area contributed by atoms with Crippen LogP contribution in [0.2, 0.25) is 0 Å². The van der Waals surface area contributed by atoms with Gasteiger partial charge >= 0.3 is 0 Å². The molecule has 4 nitrogen and oxygen atoms in total. The van der Waals surface area contributed by atoms with Crippen LogP contribution in [0, 0.1) is 43.2 Å². The van der Waals surface area contributed by atoms with Gasteiger partial charge in [-0.15, -0.1) is 6.20 Å². The number of hydrogen-bond acceptors (Lipinski definition) is 3. The van der Waals surface area contributed by atoms with Crippen LogP contribution < -0.4 is 4.90 Å². The smallest absolute Gasteiger partial charge is 0.119 e. The SMILES string of the molecule is CCC(C)Cc1[c-][n+](O)on1.[U]. The van der Waals surface area contributed by atoms with E-state index in [1.165, 1.54) is 0 Å². The predicted octanol–water partition coefficient (Wildman–Crippen LogP) is 0.588. The maximum atomic E-state index is 8.67. The Morgan fingerprint density at radius 1 is 1.75 bits per heavy atom. The van der Waals surface area contributed by atoms with Gasteiger partial charge in [-0.25, -0.2) is 0 Å². The summed E-state index contributed by atoms with van der Waals surface area (Å²) in [5.74, 6) is 0.552. The fourth-order valence-electron chi connectivity index (χ4n) is 0.796. The van der Waals surface area contributed by atoms with Gasteiger partial charge in [0.15, 0.2) is 0 Å². The summed E-state index contributed by atoms with van der Waals surface area (Å²) in [5.41, 5.74) is 0.668. The van der Waals surface area contributed by atoms with E-state index in [0.29, 0.717) is 16.5 Å². The summed E-state index contributed by atoms with van der Waals surface area (Å²) in [6.07, 6.45) is 4.42. The standard InChI is InChI=1S/C7H12N2O2.U/c1-3-6(2)4-7-5-9(10)11-8-7;/h6,10H,3-4H2,1-2H3;. The van der Waals surface area contributed by atoms with Crippen LogP contribution in [0.3, 0.4) is 0 Å². The zero-order valence-electron chi connectivity index (χ0n) is 7.24. The van der Waals surface area contributed by atoms with Crippen molar-refractivity contribution in [2.24, 2.45) is 5.92 Å². The van der Waals surface area contributed by atoms with Gasteiger partial charge in [-0.3, -0.25) is 0 Å². The van der Waals surface area contributed by atoms with Gasteiger partial charge in [-0.2, -0.15) is 0 Å². The van der Waals surface area contributed by atoms with Crippen molar-refractivity contribution >= 4 is 0 Å². The number of rotatable bonds is 3. The van der Waals surface area contributed by atoms with Gasteiger partial charge in [0.05, 0.1) is 5.69 Å². The minimum atomic E-state index is 0. The molecule has 1 unspecified atom stereocenters. The molecule has 1 aromatic rings. The van der Waals surface area contributed by atoms with Gasteiger partial charge in [0.25, 0.3) is 0 Å². The first kappa shape index (κ1) is 12.0. The van der Waals surface area contributed by atoms with Crippen molar-refractivity contribution in [1.29, 1.82) is 0 Å². The first-order chi connectivity index (χ1) is 5.22. The normalized spacial score (nSPS) is 12.2. The van der Waals surface area contributed by atoms with E-state index < -0.39 is 0 Å². The van der Waals surface area contributed by atoms with Crippen LogP contribution in [0.5, 0.6) is 0 Å². The van der Waals surface area contributed by atoms with E-state index in [4.69, 9.17) is 5.21 Å². The molecule has 5 heteroatoms. The van der Waals surface area contributed by atoms with Crippen molar-refractivity contribution in [2.45, 2.75) is 26.7 Å². The molecule has 0 aliphatic rings. The fourth-order valence-corrected chi connectivity index (χ4v) is 0.796. The third kappa shape index (κ3) is 3.59. The molecule has 0 aliphatic carbocycles. The van der Waals surface area contributed by atoms with Crippen LogP contribution in [0.4, 0.5) is 0 Å². The molecule has 1 heterocycles. The van der Waals surface area contributed by atoms with Crippen LogP contribution >= 0.6 is 0 Å². The summed E-state index contributed by atoms with van der Waals surface area (Å²) >= 11 is 0. The zero-order chi connectivity index (χ0) is 8.27. The molecule has 1 atom stereocenters. The van der Waals surface area contributed by atoms with Crippen molar-refractivity contribution in [2.75, 3.05) is 0 Å². The molecule has 0 aromatic carbocycles. The second-order valence-electron chi connectivity index (χ2n) is 2.72. The maximum Gasteiger partial charge on any atom is 0.119 e. The molecule has 1 aromatic heterocycles. The Hall–Kier alpha value is -0.00805. The van der Waals surface area contributed by atoms with Gasteiger partial charge < -0.3 is 5.21 Å². The molecule has 0 aliphatic heterocycles. The van der Waals surface area contributed by atoms with Crippen molar-refractivity contribution < 1.29 is 45.9 Å². The molecule has 0 saturated carbocycles. The molecule has 0 spiro atoms. The Bertz CT molecular complexity index is 227. The predicted molar refractivity (Wildman–Crippen MR) is 35.9 cm³/mol. The summed E-state index contributed by atoms with van der Waals surface area (Å²) in [6.45, 7) is 4.22. The second-order valence-corrected chi connectivity index (χ2v) is 2.72. The van der Waals surface area contributed by atoms with Gasteiger partial charge in [-0.05, 0) is 12.3 Å². The Kier molecular flexibility index (Phi) is 5.60. The third-order valence-electron chi connectivity index (χ3n) is 1.69. The minimum absolute atomic E-state index is 0. The maximum absolute atomic E-state index is 8.67. The molecule has 0 amide bonds. The average molecular weight is 394 g/mol. The number of nitrogens with zero attached hydrogens (tertiary/aromatic N) is 2. The van der Waals surface area contributed by atoms with Crippen LogP contribution in [0.1, 0.15) is 26.0 Å². The Morgan fingerprint density at radius 3 is 2.83 bits per heavy atom. The molecule has 0 fully saturated rings. The van der Waals surface area contributed by atoms with Crippen molar-refractivity contribution in [3.8, 4) is 0 Å². The Labute approximate surface area is 95.2 Å². The van der Waals surface area contributed by atoms with E-state index in [2.05, 4.69) is 29.8 Å². The largest absolute Gasteiger partial charge is 0.348 e. The second kappa shape index (κ2) is 5.61. The molecule has 66 valence electrons. The van der Waals surface area contributed by atoms with E-state index in [-0.39, 0.29) is 31.1 Å². The first-order valence-corrected chi connectivity index (χ1v) is 3.72. The number of aromatic nitrogens is 2.